The summed E-state index contributed by atoms with van der Waals surface area (Å²) >= 11 is 7.34. The zero-order valence-corrected chi connectivity index (χ0v) is 17.7. The average molecular weight is 436 g/mol. The maximum atomic E-state index is 13.2. The summed E-state index contributed by atoms with van der Waals surface area (Å²) in [4.78, 5) is 30.4. The number of nitrogens with zero attached hydrogens (tertiary/aromatic N) is 2. The highest BCUT2D eigenvalue weighted by atomic mass is 35.5. The van der Waals surface area contributed by atoms with Crippen molar-refractivity contribution in [1.82, 2.24) is 9.55 Å². The van der Waals surface area contributed by atoms with Crippen LogP contribution in [0.3, 0.4) is 0 Å². The van der Waals surface area contributed by atoms with Crippen LogP contribution in [0, 0.1) is 6.92 Å². The number of hydrogen-bond acceptors (Lipinski definition) is 4. The van der Waals surface area contributed by atoms with Crippen molar-refractivity contribution in [2.24, 2.45) is 0 Å². The Bertz CT molecular complexity index is 1290. The van der Waals surface area contributed by atoms with E-state index < -0.39 is 0 Å². The lowest BCUT2D eigenvalue weighted by atomic mass is 10.2. The van der Waals surface area contributed by atoms with Crippen molar-refractivity contribution >= 4 is 45.9 Å². The first-order valence-corrected chi connectivity index (χ1v) is 10.7. The number of anilines is 1. The molecule has 1 N–H and O–H groups in total. The van der Waals surface area contributed by atoms with E-state index in [4.69, 9.17) is 11.6 Å². The van der Waals surface area contributed by atoms with Crippen LogP contribution in [0.2, 0.25) is 5.02 Å². The van der Waals surface area contributed by atoms with Crippen LogP contribution in [0.1, 0.15) is 5.56 Å². The molecule has 3 aromatic carbocycles. The number of para-hydroxylation sites is 2. The Labute approximate surface area is 182 Å². The number of nitrogens with one attached hydrogen (secondary N) is 1. The SMILES string of the molecule is Cc1c(Cl)cccc1NC(=O)CSc1nc2ccccc2c(=O)n1-c1ccccc1. The Morgan fingerprint density at radius 3 is 2.57 bits per heavy atom. The minimum Gasteiger partial charge on any atom is -0.325 e. The minimum absolute atomic E-state index is 0.101. The van der Waals surface area contributed by atoms with Crippen molar-refractivity contribution in [3.63, 3.8) is 0 Å². The molecule has 0 spiro atoms. The fourth-order valence-corrected chi connectivity index (χ4v) is 4.06. The van der Waals surface area contributed by atoms with E-state index in [9.17, 15) is 9.59 Å². The molecule has 0 fully saturated rings. The lowest BCUT2D eigenvalue weighted by Gasteiger charge is -2.13. The summed E-state index contributed by atoms with van der Waals surface area (Å²) in [6.45, 7) is 1.85. The first-order valence-electron chi connectivity index (χ1n) is 9.29. The van der Waals surface area contributed by atoms with Crippen LogP contribution >= 0.6 is 23.4 Å². The quantitative estimate of drug-likeness (QED) is 0.351. The Morgan fingerprint density at radius 1 is 1.03 bits per heavy atom. The van der Waals surface area contributed by atoms with E-state index >= 15 is 0 Å². The van der Waals surface area contributed by atoms with E-state index in [0.29, 0.717) is 32.5 Å². The predicted molar refractivity (Wildman–Crippen MR) is 123 cm³/mol. The molecule has 30 heavy (non-hydrogen) atoms. The Morgan fingerprint density at radius 2 is 1.77 bits per heavy atom. The highest BCUT2D eigenvalue weighted by molar-refractivity contribution is 7.99. The van der Waals surface area contributed by atoms with Crippen molar-refractivity contribution < 1.29 is 4.79 Å². The summed E-state index contributed by atoms with van der Waals surface area (Å²) in [5, 5.41) is 4.46. The zero-order valence-electron chi connectivity index (χ0n) is 16.1. The summed E-state index contributed by atoms with van der Waals surface area (Å²) in [5.41, 5.74) is 2.61. The molecule has 1 heterocycles. The van der Waals surface area contributed by atoms with E-state index in [1.807, 2.05) is 49.4 Å². The lowest BCUT2D eigenvalue weighted by Crippen LogP contribution is -2.23. The number of fused-ring (bicyclic) bond motifs is 1. The van der Waals surface area contributed by atoms with Gasteiger partial charge in [0.25, 0.3) is 5.56 Å². The van der Waals surface area contributed by atoms with Crippen LogP contribution in [0.25, 0.3) is 16.6 Å². The van der Waals surface area contributed by atoms with Crippen LogP contribution in [-0.4, -0.2) is 21.2 Å². The number of carbonyl (C=O) groups is 1. The topological polar surface area (TPSA) is 64.0 Å². The maximum Gasteiger partial charge on any atom is 0.266 e. The van der Waals surface area contributed by atoms with Crippen LogP contribution in [0.15, 0.2) is 82.7 Å². The molecule has 1 aromatic heterocycles. The number of rotatable bonds is 5. The van der Waals surface area contributed by atoms with Gasteiger partial charge in [-0.1, -0.05) is 59.8 Å². The van der Waals surface area contributed by atoms with Gasteiger partial charge in [-0.25, -0.2) is 4.98 Å². The van der Waals surface area contributed by atoms with Crippen molar-refractivity contribution in [2.45, 2.75) is 12.1 Å². The molecule has 0 saturated heterocycles. The Balaban J connectivity index is 1.66. The predicted octanol–water partition coefficient (Wildman–Crippen LogP) is 5.08. The van der Waals surface area contributed by atoms with Gasteiger partial charge in [-0.2, -0.15) is 0 Å². The molecule has 0 aliphatic carbocycles. The van der Waals surface area contributed by atoms with Crippen molar-refractivity contribution in [3.8, 4) is 5.69 Å². The van der Waals surface area contributed by atoms with Crippen molar-refractivity contribution in [2.75, 3.05) is 11.1 Å². The number of benzene rings is 3. The van der Waals surface area contributed by atoms with Gasteiger partial charge in [0.05, 0.1) is 22.3 Å². The number of carbonyl (C=O) groups excluding carboxylic acids is 1. The third kappa shape index (κ3) is 4.10. The Hall–Kier alpha value is -3.09. The Kier molecular flexibility index (Phi) is 5.88. The molecule has 4 aromatic rings. The molecule has 5 nitrogen and oxygen atoms in total. The maximum absolute atomic E-state index is 13.2. The molecule has 0 bridgehead atoms. The zero-order chi connectivity index (χ0) is 21.1. The molecule has 0 aliphatic rings. The molecule has 0 unspecified atom stereocenters. The van der Waals surface area contributed by atoms with Gasteiger partial charge in [-0.15, -0.1) is 0 Å². The molecule has 0 saturated carbocycles. The van der Waals surface area contributed by atoms with Gasteiger partial charge in [0.15, 0.2) is 5.16 Å². The van der Waals surface area contributed by atoms with Crippen molar-refractivity contribution in [1.29, 1.82) is 0 Å². The smallest absolute Gasteiger partial charge is 0.266 e. The fourth-order valence-electron chi connectivity index (χ4n) is 3.07. The standard InChI is InChI=1S/C23H18ClN3O2S/c1-15-18(24)11-7-13-19(15)25-21(28)14-30-23-26-20-12-6-5-10-17(20)22(29)27(23)16-8-3-2-4-9-16/h2-13H,14H2,1H3,(H,25,28). The van der Waals surface area contributed by atoms with Gasteiger partial charge < -0.3 is 5.32 Å². The first-order chi connectivity index (χ1) is 14.5. The molecular formula is C23H18ClN3O2S. The van der Waals surface area contributed by atoms with Crippen LogP contribution in [0.5, 0.6) is 0 Å². The van der Waals surface area contributed by atoms with E-state index in [2.05, 4.69) is 10.3 Å². The average Bonchev–Trinajstić information content (AvgIpc) is 2.76. The van der Waals surface area contributed by atoms with E-state index in [1.54, 1.807) is 34.9 Å². The van der Waals surface area contributed by atoms with Gasteiger partial charge in [-0.3, -0.25) is 14.2 Å². The highest BCUT2D eigenvalue weighted by Crippen LogP contribution is 2.24. The summed E-state index contributed by atoms with van der Waals surface area (Å²) in [6, 6.07) is 21.9. The van der Waals surface area contributed by atoms with E-state index in [1.165, 1.54) is 11.8 Å². The summed E-state index contributed by atoms with van der Waals surface area (Å²) in [6.07, 6.45) is 0. The van der Waals surface area contributed by atoms with Gasteiger partial charge in [0.2, 0.25) is 5.91 Å². The molecule has 4 rings (SSSR count). The number of hydrogen-bond donors (Lipinski definition) is 1. The second kappa shape index (κ2) is 8.73. The highest BCUT2D eigenvalue weighted by Gasteiger charge is 2.15. The number of aromatic nitrogens is 2. The molecule has 0 radical (unpaired) electrons. The third-order valence-electron chi connectivity index (χ3n) is 4.63. The summed E-state index contributed by atoms with van der Waals surface area (Å²) in [7, 11) is 0. The van der Waals surface area contributed by atoms with Crippen LogP contribution in [-0.2, 0) is 4.79 Å². The molecule has 7 heteroatoms. The molecule has 0 atom stereocenters. The summed E-state index contributed by atoms with van der Waals surface area (Å²) in [5.74, 6) is -0.101. The molecule has 1 amide bonds. The second-order valence-electron chi connectivity index (χ2n) is 6.64. The van der Waals surface area contributed by atoms with E-state index in [0.717, 1.165) is 5.56 Å². The normalized spacial score (nSPS) is 10.9. The van der Waals surface area contributed by atoms with Crippen molar-refractivity contribution in [3.05, 3.63) is 93.7 Å². The summed E-state index contributed by atoms with van der Waals surface area (Å²) < 4.78 is 1.55. The molecule has 0 aliphatic heterocycles. The van der Waals surface area contributed by atoms with Gasteiger partial charge in [0, 0.05) is 10.7 Å². The third-order valence-corrected chi connectivity index (χ3v) is 5.98. The second-order valence-corrected chi connectivity index (χ2v) is 7.99. The number of thioether (sulfide) groups is 1. The van der Waals surface area contributed by atoms with E-state index in [-0.39, 0.29) is 17.2 Å². The first kappa shape index (κ1) is 20.2. The number of halogens is 1. The van der Waals surface area contributed by atoms with Crippen LogP contribution in [0.4, 0.5) is 5.69 Å². The monoisotopic (exact) mass is 435 g/mol. The minimum atomic E-state index is -0.201. The van der Waals surface area contributed by atoms with Crippen LogP contribution < -0.4 is 10.9 Å². The number of amides is 1. The van der Waals surface area contributed by atoms with Gasteiger partial charge >= 0.3 is 0 Å². The largest absolute Gasteiger partial charge is 0.325 e. The molecular weight excluding hydrogens is 418 g/mol. The van der Waals surface area contributed by atoms with Gasteiger partial charge in [-0.05, 0) is 48.9 Å². The fraction of sp³-hybridized carbons (Fsp3) is 0.0870. The lowest BCUT2D eigenvalue weighted by molar-refractivity contribution is -0.113. The molecule has 150 valence electrons. The van der Waals surface area contributed by atoms with Gasteiger partial charge in [0.1, 0.15) is 0 Å².